The summed E-state index contributed by atoms with van der Waals surface area (Å²) in [5, 5.41) is 28.3. The molecule has 1 amide bonds. The van der Waals surface area contributed by atoms with E-state index in [9.17, 15) is 9.90 Å². The van der Waals surface area contributed by atoms with E-state index >= 15 is 0 Å². The topological polar surface area (TPSA) is 109 Å². The van der Waals surface area contributed by atoms with Crippen LogP contribution in [0.5, 0.6) is 5.75 Å². The first-order chi connectivity index (χ1) is 16.2. The van der Waals surface area contributed by atoms with Crippen LogP contribution in [0, 0.1) is 11.3 Å². The van der Waals surface area contributed by atoms with Crippen molar-refractivity contribution in [2.45, 2.75) is 78.0 Å². The first-order valence-corrected chi connectivity index (χ1v) is 11.8. The largest absolute Gasteiger partial charge is 0.506 e. The van der Waals surface area contributed by atoms with Crippen molar-refractivity contribution in [2.24, 2.45) is 0 Å². The van der Waals surface area contributed by atoms with Gasteiger partial charge in [0.15, 0.2) is 0 Å². The number of rotatable bonds is 3. The summed E-state index contributed by atoms with van der Waals surface area (Å²) >= 11 is 0. The second kappa shape index (κ2) is 10.2. The van der Waals surface area contributed by atoms with E-state index in [1.54, 1.807) is 30.4 Å². The Labute approximate surface area is 200 Å². The molecule has 0 saturated heterocycles. The molecule has 3 aromatic rings. The van der Waals surface area contributed by atoms with Gasteiger partial charge in [-0.05, 0) is 52.5 Å². The summed E-state index contributed by atoms with van der Waals surface area (Å²) < 4.78 is 8.96. The average Bonchev–Trinajstić information content (AvgIpc) is 3.46. The van der Waals surface area contributed by atoms with Gasteiger partial charge in [-0.25, -0.2) is 9.31 Å². The summed E-state index contributed by atoms with van der Waals surface area (Å²) in [6.45, 7) is 9.62. The van der Waals surface area contributed by atoms with E-state index in [-0.39, 0.29) is 23.9 Å². The van der Waals surface area contributed by atoms with E-state index in [1.165, 1.54) is 10.7 Å². The van der Waals surface area contributed by atoms with E-state index in [1.807, 2.05) is 51.6 Å². The Kier molecular flexibility index (Phi) is 7.50. The number of nitriles is 1. The van der Waals surface area contributed by atoms with Gasteiger partial charge < -0.3 is 14.7 Å². The molecule has 0 aromatic carbocycles. The van der Waals surface area contributed by atoms with Crippen LogP contribution in [-0.2, 0) is 4.74 Å². The van der Waals surface area contributed by atoms with Crippen molar-refractivity contribution in [1.29, 1.82) is 5.26 Å². The smallest absolute Gasteiger partial charge is 0.410 e. The number of aromatic hydroxyl groups is 1. The molecule has 3 heterocycles. The molecular weight excluding hydrogens is 432 g/mol. The number of ether oxygens (including phenoxy) is 1. The number of carbonyl (C=O) groups is 1. The van der Waals surface area contributed by atoms with Gasteiger partial charge in [-0.1, -0.05) is 13.8 Å². The highest BCUT2D eigenvalue weighted by Crippen LogP contribution is 2.33. The van der Waals surface area contributed by atoms with Crippen molar-refractivity contribution in [2.75, 3.05) is 7.05 Å². The number of hydrogen-bond acceptors (Lipinski definition) is 6. The maximum absolute atomic E-state index is 12.4. The zero-order valence-corrected chi connectivity index (χ0v) is 20.8. The van der Waals surface area contributed by atoms with Crippen LogP contribution in [-0.4, -0.2) is 54.2 Å². The molecule has 9 heteroatoms. The molecule has 34 heavy (non-hydrogen) atoms. The average molecular weight is 467 g/mol. The van der Waals surface area contributed by atoms with Gasteiger partial charge >= 0.3 is 6.09 Å². The molecule has 182 valence electrons. The molecule has 1 fully saturated rings. The van der Waals surface area contributed by atoms with Gasteiger partial charge in [0.25, 0.3) is 0 Å². The molecule has 0 bridgehead atoms. The molecule has 0 spiro atoms. The fourth-order valence-corrected chi connectivity index (χ4v) is 4.22. The molecule has 0 radical (unpaired) electrons. The van der Waals surface area contributed by atoms with Crippen LogP contribution in [0.15, 0.2) is 30.9 Å². The molecule has 1 aliphatic rings. The maximum atomic E-state index is 12.4. The van der Waals surface area contributed by atoms with E-state index < -0.39 is 5.60 Å². The Morgan fingerprint density at radius 1 is 1.15 bits per heavy atom. The molecule has 3 aromatic heterocycles. The van der Waals surface area contributed by atoms with E-state index in [0.29, 0.717) is 11.1 Å². The van der Waals surface area contributed by atoms with Gasteiger partial charge in [-0.15, -0.1) is 0 Å². The third kappa shape index (κ3) is 5.33. The maximum Gasteiger partial charge on any atom is 0.410 e. The number of nitrogens with zero attached hydrogens (tertiary/aromatic N) is 6. The van der Waals surface area contributed by atoms with Gasteiger partial charge in [0, 0.05) is 36.6 Å². The van der Waals surface area contributed by atoms with E-state index in [0.717, 1.165) is 36.8 Å². The summed E-state index contributed by atoms with van der Waals surface area (Å²) in [6.07, 6.45) is 10.3. The third-order valence-corrected chi connectivity index (χ3v) is 5.92. The Morgan fingerprint density at radius 2 is 1.82 bits per heavy atom. The molecular formula is C25H34N6O3. The molecule has 1 aliphatic carbocycles. The molecule has 1 N–H and O–H groups in total. The van der Waals surface area contributed by atoms with Crippen LogP contribution in [0.3, 0.4) is 0 Å². The fraction of sp³-hybridized carbons (Fsp3) is 0.520. The van der Waals surface area contributed by atoms with Crippen molar-refractivity contribution in [3.63, 3.8) is 0 Å². The second-order valence-corrected chi connectivity index (χ2v) is 9.34. The number of amides is 1. The van der Waals surface area contributed by atoms with E-state index in [4.69, 9.17) is 10.00 Å². The van der Waals surface area contributed by atoms with Crippen LogP contribution in [0.4, 0.5) is 4.79 Å². The normalized spacial score (nSPS) is 18.0. The Hall–Kier alpha value is -3.54. The minimum Gasteiger partial charge on any atom is -0.506 e. The van der Waals surface area contributed by atoms with Crippen molar-refractivity contribution in [3.8, 4) is 22.9 Å². The molecule has 4 rings (SSSR count). The van der Waals surface area contributed by atoms with Gasteiger partial charge in [0.1, 0.15) is 28.5 Å². The standard InChI is InChI=1S/C23H28N6O3.C2H6/c1-23(2,3)32-22(31)27(4)18-5-7-19(8-6-18)28-14-17(12-25-28)15-9-20(30)21-16(10-24)11-26-29(21)13-15;1-2/h9,11-14,18-19,30H,5-8H2,1-4H3;1-2H3. The minimum atomic E-state index is -0.502. The minimum absolute atomic E-state index is 0.00925. The first-order valence-electron chi connectivity index (χ1n) is 11.8. The molecule has 9 nitrogen and oxygen atoms in total. The van der Waals surface area contributed by atoms with Crippen LogP contribution >= 0.6 is 0 Å². The number of aromatic nitrogens is 4. The highest BCUT2D eigenvalue weighted by Gasteiger charge is 2.30. The van der Waals surface area contributed by atoms with Crippen molar-refractivity contribution >= 4 is 11.6 Å². The Balaban J connectivity index is 0.00000158. The predicted octanol–water partition coefficient (Wildman–Crippen LogP) is 5.15. The summed E-state index contributed by atoms with van der Waals surface area (Å²) in [7, 11) is 1.81. The molecule has 0 unspecified atom stereocenters. The quantitative estimate of drug-likeness (QED) is 0.572. The predicted molar refractivity (Wildman–Crippen MR) is 129 cm³/mol. The van der Waals surface area contributed by atoms with Crippen LogP contribution in [0.1, 0.15) is 71.9 Å². The monoisotopic (exact) mass is 466 g/mol. The Bertz CT molecular complexity index is 1180. The zero-order valence-electron chi connectivity index (χ0n) is 20.8. The third-order valence-electron chi connectivity index (χ3n) is 5.92. The number of fused-ring (bicyclic) bond motifs is 1. The van der Waals surface area contributed by atoms with Crippen LogP contribution in [0.25, 0.3) is 16.6 Å². The Morgan fingerprint density at radius 3 is 2.44 bits per heavy atom. The lowest BCUT2D eigenvalue weighted by Gasteiger charge is -2.35. The second-order valence-electron chi connectivity index (χ2n) is 9.34. The fourth-order valence-electron chi connectivity index (χ4n) is 4.22. The van der Waals surface area contributed by atoms with Gasteiger partial charge in [0.05, 0.1) is 18.4 Å². The SMILES string of the molecule is CC.CN(C(=O)OC(C)(C)C)C1CCC(n2cc(-c3cc(O)c4c(C#N)cnn4c3)cn2)CC1. The summed E-state index contributed by atoms with van der Waals surface area (Å²) in [5.41, 5.74) is 1.86. The van der Waals surface area contributed by atoms with Gasteiger partial charge in [-0.3, -0.25) is 4.68 Å². The summed E-state index contributed by atoms with van der Waals surface area (Å²) in [6, 6.07) is 4.07. The number of pyridine rings is 1. The van der Waals surface area contributed by atoms with Gasteiger partial charge in [0.2, 0.25) is 0 Å². The zero-order chi connectivity index (χ0) is 25.0. The van der Waals surface area contributed by atoms with Crippen molar-refractivity contribution in [3.05, 3.63) is 36.4 Å². The first kappa shape index (κ1) is 25.1. The molecule has 0 aliphatic heterocycles. The van der Waals surface area contributed by atoms with Crippen molar-refractivity contribution in [1.82, 2.24) is 24.3 Å². The highest BCUT2D eigenvalue weighted by atomic mass is 16.6. The van der Waals surface area contributed by atoms with Crippen molar-refractivity contribution < 1.29 is 14.6 Å². The summed E-state index contributed by atoms with van der Waals surface area (Å²) in [4.78, 5) is 14.1. The summed E-state index contributed by atoms with van der Waals surface area (Å²) in [5.74, 6) is 0.00925. The van der Waals surface area contributed by atoms with Crippen LogP contribution < -0.4 is 0 Å². The van der Waals surface area contributed by atoms with Gasteiger partial charge in [-0.2, -0.15) is 15.5 Å². The lowest BCUT2D eigenvalue weighted by Crippen LogP contribution is -2.42. The lowest BCUT2D eigenvalue weighted by atomic mass is 9.90. The molecule has 1 saturated carbocycles. The molecule has 0 atom stereocenters. The van der Waals surface area contributed by atoms with Crippen LogP contribution in [0.2, 0.25) is 0 Å². The lowest BCUT2D eigenvalue weighted by molar-refractivity contribution is 0.0173. The van der Waals surface area contributed by atoms with E-state index in [2.05, 4.69) is 10.2 Å². The number of hydrogen-bond donors (Lipinski definition) is 1. The number of carbonyl (C=O) groups excluding carboxylic acids is 1. The highest BCUT2D eigenvalue weighted by molar-refractivity contribution is 5.74.